The Morgan fingerprint density at radius 2 is 2.04 bits per heavy atom. The van der Waals surface area contributed by atoms with Gasteiger partial charge in [0.1, 0.15) is 22.4 Å². The molecule has 1 aromatic carbocycles. The van der Waals surface area contributed by atoms with Crippen molar-refractivity contribution in [1.29, 1.82) is 0 Å². The van der Waals surface area contributed by atoms with Crippen LogP contribution in [0.3, 0.4) is 0 Å². The molecule has 2 aromatic rings. The maximum absolute atomic E-state index is 11.7. The fourth-order valence-electron chi connectivity index (χ4n) is 3.52. The van der Waals surface area contributed by atoms with Crippen molar-refractivity contribution in [2.75, 3.05) is 0 Å². The lowest BCUT2D eigenvalue weighted by Gasteiger charge is -2.20. The Bertz CT molecular complexity index is 886. The van der Waals surface area contributed by atoms with Gasteiger partial charge in [-0.25, -0.2) is 0 Å². The highest BCUT2D eigenvalue weighted by molar-refractivity contribution is 8.26. The summed E-state index contributed by atoms with van der Waals surface area (Å²) in [6, 6.07) is 7.60. The molecule has 2 heterocycles. The van der Waals surface area contributed by atoms with E-state index in [4.69, 9.17) is 17.0 Å². The van der Waals surface area contributed by atoms with E-state index in [9.17, 15) is 4.79 Å². The fraction of sp³-hybridized carbons (Fsp3) is 0.400. The zero-order chi connectivity index (χ0) is 19.3. The molecule has 1 aliphatic carbocycles. The van der Waals surface area contributed by atoms with E-state index in [0.717, 1.165) is 29.5 Å². The van der Waals surface area contributed by atoms with E-state index in [1.54, 1.807) is 0 Å². The highest BCUT2D eigenvalue weighted by Crippen LogP contribution is 2.27. The molecule has 1 saturated carbocycles. The molecule has 2 aliphatic rings. The van der Waals surface area contributed by atoms with Crippen LogP contribution in [0.4, 0.5) is 0 Å². The van der Waals surface area contributed by atoms with Gasteiger partial charge < -0.3 is 10.1 Å². The molecule has 4 rings (SSSR count). The molecule has 1 amide bonds. The van der Waals surface area contributed by atoms with Gasteiger partial charge in [-0.2, -0.15) is 0 Å². The van der Waals surface area contributed by atoms with Crippen LogP contribution in [0.15, 0.2) is 35.4 Å². The van der Waals surface area contributed by atoms with Gasteiger partial charge >= 0.3 is 0 Å². The summed E-state index contributed by atoms with van der Waals surface area (Å²) >= 11 is 6.27. The second kappa shape index (κ2) is 8.87. The number of aromatic nitrogens is 3. The van der Waals surface area contributed by atoms with Gasteiger partial charge in [-0.05, 0) is 42.5 Å². The SMILES string of the molecule is O=C1NC(=S)SC1=Cc1ccc(OCc2cn(CC3CCCCC3)nn2)cc1. The van der Waals surface area contributed by atoms with E-state index in [0.29, 0.717) is 15.8 Å². The molecule has 2 fully saturated rings. The smallest absolute Gasteiger partial charge is 0.263 e. The highest BCUT2D eigenvalue weighted by atomic mass is 32.2. The lowest BCUT2D eigenvalue weighted by molar-refractivity contribution is -0.115. The van der Waals surface area contributed by atoms with Gasteiger partial charge in [-0.15, -0.1) is 5.10 Å². The minimum Gasteiger partial charge on any atom is -0.487 e. The molecule has 28 heavy (non-hydrogen) atoms. The zero-order valence-corrected chi connectivity index (χ0v) is 17.1. The van der Waals surface area contributed by atoms with Gasteiger partial charge in [-0.3, -0.25) is 9.48 Å². The van der Waals surface area contributed by atoms with Gasteiger partial charge in [0.05, 0.1) is 11.1 Å². The quantitative estimate of drug-likeness (QED) is 0.571. The van der Waals surface area contributed by atoms with Crippen LogP contribution in [0.2, 0.25) is 0 Å². The molecule has 0 bridgehead atoms. The van der Waals surface area contributed by atoms with Crippen LogP contribution in [0.25, 0.3) is 6.08 Å². The summed E-state index contributed by atoms with van der Waals surface area (Å²) in [7, 11) is 0. The molecular weight excluding hydrogens is 392 g/mol. The van der Waals surface area contributed by atoms with Crippen molar-refractivity contribution in [2.45, 2.75) is 45.3 Å². The molecule has 146 valence electrons. The molecule has 0 radical (unpaired) electrons. The molecule has 1 aliphatic heterocycles. The summed E-state index contributed by atoms with van der Waals surface area (Å²) in [6.45, 7) is 1.34. The van der Waals surface area contributed by atoms with Crippen LogP contribution in [0.5, 0.6) is 5.75 Å². The maximum Gasteiger partial charge on any atom is 0.263 e. The molecule has 1 aromatic heterocycles. The van der Waals surface area contributed by atoms with E-state index in [2.05, 4.69) is 15.6 Å². The van der Waals surface area contributed by atoms with Crippen LogP contribution in [-0.2, 0) is 17.9 Å². The van der Waals surface area contributed by atoms with Gasteiger partial charge in [0.25, 0.3) is 5.91 Å². The van der Waals surface area contributed by atoms with Gasteiger partial charge in [0.15, 0.2) is 0 Å². The number of carbonyl (C=O) groups is 1. The first-order chi connectivity index (χ1) is 13.7. The van der Waals surface area contributed by atoms with Crippen LogP contribution in [0.1, 0.15) is 43.4 Å². The van der Waals surface area contributed by atoms with E-state index in [1.165, 1.54) is 43.9 Å². The fourth-order valence-corrected chi connectivity index (χ4v) is 4.56. The maximum atomic E-state index is 11.7. The lowest BCUT2D eigenvalue weighted by Crippen LogP contribution is -2.17. The van der Waals surface area contributed by atoms with Gasteiger partial charge in [0, 0.05) is 6.54 Å². The number of ether oxygens (including phenoxy) is 1. The van der Waals surface area contributed by atoms with E-state index >= 15 is 0 Å². The second-order valence-corrected chi connectivity index (χ2v) is 8.86. The van der Waals surface area contributed by atoms with Crippen LogP contribution >= 0.6 is 24.0 Å². The third-order valence-electron chi connectivity index (χ3n) is 4.96. The summed E-state index contributed by atoms with van der Waals surface area (Å²) in [5, 5.41) is 11.1. The minimum absolute atomic E-state index is 0.147. The number of carbonyl (C=O) groups excluding carboxylic acids is 1. The number of thiocarbonyl (C=S) groups is 1. The monoisotopic (exact) mass is 414 g/mol. The van der Waals surface area contributed by atoms with Crippen molar-refractivity contribution < 1.29 is 9.53 Å². The van der Waals surface area contributed by atoms with E-state index < -0.39 is 0 Å². The normalized spacial score (nSPS) is 19.2. The predicted octanol–water partition coefficient (Wildman–Crippen LogP) is 3.93. The van der Waals surface area contributed by atoms with Gasteiger partial charge in [0.2, 0.25) is 0 Å². The summed E-state index contributed by atoms with van der Waals surface area (Å²) in [5.74, 6) is 1.33. The first-order valence-corrected chi connectivity index (χ1v) is 10.7. The van der Waals surface area contributed by atoms with Crippen LogP contribution in [0, 0.1) is 5.92 Å². The first-order valence-electron chi connectivity index (χ1n) is 9.52. The zero-order valence-electron chi connectivity index (χ0n) is 15.5. The van der Waals surface area contributed by atoms with E-state index in [1.807, 2.05) is 41.2 Å². The number of benzene rings is 1. The number of thioether (sulfide) groups is 1. The number of hydrogen-bond donors (Lipinski definition) is 1. The van der Waals surface area contributed by atoms with Crippen LogP contribution < -0.4 is 10.1 Å². The average molecular weight is 415 g/mol. The van der Waals surface area contributed by atoms with E-state index in [-0.39, 0.29) is 5.91 Å². The summed E-state index contributed by atoms with van der Waals surface area (Å²) in [4.78, 5) is 12.3. The Balaban J connectivity index is 1.30. The lowest BCUT2D eigenvalue weighted by atomic mass is 9.89. The Morgan fingerprint density at radius 1 is 1.25 bits per heavy atom. The Labute approximate surface area is 173 Å². The highest BCUT2D eigenvalue weighted by Gasteiger charge is 2.21. The standard InChI is InChI=1S/C20H22N4O2S2/c25-19-18(28-20(27)21-19)10-14-6-8-17(9-7-14)26-13-16-12-24(23-22-16)11-15-4-2-1-3-5-15/h6-10,12,15H,1-5,11,13H2,(H,21,25,27). The number of nitrogens with zero attached hydrogens (tertiary/aromatic N) is 3. The summed E-state index contributed by atoms with van der Waals surface area (Å²) in [5.41, 5.74) is 1.75. The number of hydrogen-bond acceptors (Lipinski definition) is 6. The van der Waals surface area contributed by atoms with Gasteiger partial charge in [-0.1, -0.05) is 60.6 Å². The molecule has 1 saturated heterocycles. The largest absolute Gasteiger partial charge is 0.487 e. The molecule has 8 heteroatoms. The number of amides is 1. The van der Waals surface area contributed by atoms with Crippen molar-refractivity contribution >= 4 is 40.3 Å². The number of rotatable bonds is 6. The first kappa shape index (κ1) is 19.1. The Kier molecular flexibility index (Phi) is 6.07. The third-order valence-corrected chi connectivity index (χ3v) is 6.13. The summed E-state index contributed by atoms with van der Waals surface area (Å²) < 4.78 is 8.25. The second-order valence-electron chi connectivity index (χ2n) is 7.15. The Morgan fingerprint density at radius 3 is 2.75 bits per heavy atom. The molecule has 0 spiro atoms. The number of nitrogens with one attached hydrogen (secondary N) is 1. The molecular formula is C20H22N4O2S2. The minimum atomic E-state index is -0.147. The molecule has 1 N–H and O–H groups in total. The van der Waals surface area contributed by atoms with Crippen molar-refractivity contribution in [3.63, 3.8) is 0 Å². The van der Waals surface area contributed by atoms with Crippen molar-refractivity contribution in [3.8, 4) is 5.75 Å². The van der Waals surface area contributed by atoms with Crippen molar-refractivity contribution in [2.24, 2.45) is 5.92 Å². The molecule has 0 atom stereocenters. The third kappa shape index (κ3) is 4.99. The average Bonchev–Trinajstić information content (AvgIpc) is 3.27. The Hall–Kier alpha value is -2.19. The summed E-state index contributed by atoms with van der Waals surface area (Å²) in [6.07, 6.45) is 10.4. The predicted molar refractivity (Wildman–Crippen MR) is 114 cm³/mol. The van der Waals surface area contributed by atoms with Crippen molar-refractivity contribution in [3.05, 3.63) is 46.6 Å². The topological polar surface area (TPSA) is 69.0 Å². The van der Waals surface area contributed by atoms with Crippen molar-refractivity contribution in [1.82, 2.24) is 20.3 Å². The van der Waals surface area contributed by atoms with Crippen LogP contribution in [-0.4, -0.2) is 25.2 Å². The molecule has 6 nitrogen and oxygen atoms in total. The molecule has 0 unspecified atom stereocenters.